The average Bonchev–Trinajstić information content (AvgIpc) is 0.820. The number of nitrogens with zero attached hydrogens (tertiary/aromatic N) is 3. The SMILES string of the molecule is C.C.OC(CN1CCOC(O)[C@@H]1c1ccc(F)cc1)c1cc(C(F)(F)F)cc(C(F)(F)F)c1.OC(CN1CCOC(O)[C@@H]1c1ccc(F)cc1)c1cc(C(F)(F)F)cc(C(F)(F)F)c1.OC(CN1CCOC(O)[C@@H]1c1ccc(F)cc1)c1cc(C(F)(F)F)cc(C(F)(F)F)c1. The lowest BCUT2D eigenvalue weighted by molar-refractivity contribution is -0.186. The Morgan fingerprint density at radius 1 is 0.326 bits per heavy atom. The monoisotopic (exact) mass is 1390 g/mol. The molecule has 3 heterocycles. The van der Waals surface area contributed by atoms with E-state index in [0.717, 1.165) is 36.4 Å². The van der Waals surface area contributed by atoms with E-state index in [4.69, 9.17) is 14.2 Å². The molecule has 9 atom stereocenters. The predicted molar refractivity (Wildman–Crippen MR) is 296 cm³/mol. The van der Waals surface area contributed by atoms with Crippen LogP contribution in [-0.4, -0.2) is 123 Å². The van der Waals surface area contributed by atoms with Gasteiger partial charge >= 0.3 is 37.1 Å². The summed E-state index contributed by atoms with van der Waals surface area (Å²) in [6, 6.07) is 15.0. The van der Waals surface area contributed by atoms with Crippen molar-refractivity contribution in [3.8, 4) is 0 Å². The maximum Gasteiger partial charge on any atom is 0.416 e. The lowest BCUT2D eigenvalue weighted by atomic mass is 9.98. The highest BCUT2D eigenvalue weighted by atomic mass is 19.4. The Labute approximate surface area is 528 Å². The first kappa shape index (κ1) is 79.1. The molecule has 0 radical (unpaired) electrons. The standard InChI is InChI=1S/3C20H18F7NO3.2CH4/c3*21-15-3-1-11(2-4-15)17-18(30)31-6-5-28(17)10-16(29)12-7-13(19(22,23)24)9-14(8-12)20(25,26)27;;/h3*1-4,7-9,16-18,29-30H,5-6,10H2;2*1H4/t3*16?,17-,18?;;/m000../s1. The summed E-state index contributed by atoms with van der Waals surface area (Å²) in [6.07, 6.45) is -39.6. The number of aliphatic hydroxyl groups excluding tert-OH is 6. The van der Waals surface area contributed by atoms with Crippen molar-refractivity contribution in [2.75, 3.05) is 59.1 Å². The smallest absolute Gasteiger partial charge is 0.387 e. The van der Waals surface area contributed by atoms with Crippen LogP contribution < -0.4 is 0 Å². The van der Waals surface area contributed by atoms with Gasteiger partial charge in [0.05, 0.1) is 89.6 Å². The highest BCUT2D eigenvalue weighted by Crippen LogP contribution is 2.43. The fourth-order valence-electron chi connectivity index (χ4n) is 10.3. The Balaban J connectivity index is 0.000000255. The number of hydrogen-bond acceptors (Lipinski definition) is 12. The Morgan fingerprint density at radius 2 is 0.505 bits per heavy atom. The van der Waals surface area contributed by atoms with Crippen LogP contribution in [0.3, 0.4) is 0 Å². The molecule has 0 bridgehead atoms. The zero-order valence-corrected chi connectivity index (χ0v) is 47.4. The second-order valence-electron chi connectivity index (χ2n) is 21.3. The molecule has 33 heteroatoms. The van der Waals surface area contributed by atoms with E-state index in [0.29, 0.717) is 53.1 Å². The first-order valence-corrected chi connectivity index (χ1v) is 27.4. The van der Waals surface area contributed by atoms with Gasteiger partial charge in [0, 0.05) is 39.3 Å². The average molecular weight is 1390 g/mol. The Bertz CT molecular complexity index is 2960. The van der Waals surface area contributed by atoms with Crippen molar-refractivity contribution in [3.63, 3.8) is 0 Å². The summed E-state index contributed by atoms with van der Waals surface area (Å²) in [6.45, 7) is -0.737. The number of alkyl halides is 18. The summed E-state index contributed by atoms with van der Waals surface area (Å²) in [5, 5.41) is 62.1. The quantitative estimate of drug-likeness (QED) is 0.0645. The van der Waals surface area contributed by atoms with Crippen molar-refractivity contribution >= 4 is 0 Å². The van der Waals surface area contributed by atoms with Crippen molar-refractivity contribution in [1.29, 1.82) is 0 Å². The summed E-state index contributed by atoms with van der Waals surface area (Å²) in [7, 11) is 0. The minimum absolute atomic E-state index is 0. The number of benzene rings is 6. The lowest BCUT2D eigenvalue weighted by Gasteiger charge is -2.40. The molecule has 3 aliphatic heterocycles. The molecule has 3 saturated heterocycles. The van der Waals surface area contributed by atoms with Crippen LogP contribution in [-0.2, 0) is 51.3 Å². The first-order chi connectivity index (χ1) is 43.1. The highest BCUT2D eigenvalue weighted by molar-refractivity contribution is 5.38. The van der Waals surface area contributed by atoms with E-state index in [2.05, 4.69) is 0 Å². The van der Waals surface area contributed by atoms with Crippen LogP contribution in [0.4, 0.5) is 92.2 Å². The van der Waals surface area contributed by atoms with Gasteiger partial charge in [-0.2, -0.15) is 79.0 Å². The van der Waals surface area contributed by atoms with Gasteiger partial charge in [0.25, 0.3) is 0 Å². The molecule has 0 spiro atoms. The van der Waals surface area contributed by atoms with Gasteiger partial charge < -0.3 is 44.8 Å². The highest BCUT2D eigenvalue weighted by Gasteiger charge is 2.43. The summed E-state index contributed by atoms with van der Waals surface area (Å²) < 4.78 is 291. The van der Waals surface area contributed by atoms with E-state index in [1.807, 2.05) is 0 Å². The fourth-order valence-corrected chi connectivity index (χ4v) is 10.3. The summed E-state index contributed by atoms with van der Waals surface area (Å²) in [4.78, 5) is 4.37. The van der Waals surface area contributed by atoms with Crippen molar-refractivity contribution in [2.24, 2.45) is 0 Å². The molecule has 526 valence electrons. The number of morpholine rings is 3. The van der Waals surface area contributed by atoms with E-state index in [1.165, 1.54) is 51.1 Å². The van der Waals surface area contributed by atoms with E-state index in [1.54, 1.807) is 0 Å². The van der Waals surface area contributed by atoms with Crippen molar-refractivity contribution in [3.05, 3.63) is 212 Å². The van der Waals surface area contributed by atoms with Gasteiger partial charge in [0.2, 0.25) is 0 Å². The van der Waals surface area contributed by atoms with Crippen LogP contribution in [0.1, 0.15) is 118 Å². The van der Waals surface area contributed by atoms with Crippen molar-refractivity contribution < 1.29 is 137 Å². The molecule has 95 heavy (non-hydrogen) atoms. The zero-order valence-electron chi connectivity index (χ0n) is 47.4. The minimum atomic E-state index is -5.04. The van der Waals surface area contributed by atoms with Gasteiger partial charge in [-0.15, -0.1) is 0 Å². The number of halogens is 21. The van der Waals surface area contributed by atoms with E-state index in [9.17, 15) is 123 Å². The van der Waals surface area contributed by atoms with Crippen LogP contribution in [0.5, 0.6) is 0 Å². The molecule has 6 N–H and O–H groups in total. The number of aliphatic hydroxyl groups is 6. The number of rotatable bonds is 12. The Morgan fingerprint density at radius 3 is 0.674 bits per heavy atom. The topological polar surface area (TPSA) is 159 Å². The summed E-state index contributed by atoms with van der Waals surface area (Å²) in [5.41, 5.74) is -9.70. The first-order valence-electron chi connectivity index (χ1n) is 27.4. The van der Waals surface area contributed by atoms with Crippen molar-refractivity contribution in [1.82, 2.24) is 14.7 Å². The molecule has 9 rings (SSSR count). The third-order valence-electron chi connectivity index (χ3n) is 14.8. The molecule has 6 unspecified atom stereocenters. The third-order valence-corrected chi connectivity index (χ3v) is 14.8. The molecule has 12 nitrogen and oxygen atoms in total. The molecule has 0 aromatic heterocycles. The van der Waals surface area contributed by atoms with Gasteiger partial charge in [-0.05, 0) is 124 Å². The Kier molecular flexibility index (Phi) is 26.4. The van der Waals surface area contributed by atoms with Crippen LogP contribution in [0.25, 0.3) is 0 Å². The molecular formula is C62H62F21N3O9. The molecule has 0 amide bonds. The summed E-state index contributed by atoms with van der Waals surface area (Å²) in [5.74, 6) is -1.61. The van der Waals surface area contributed by atoms with E-state index >= 15 is 0 Å². The van der Waals surface area contributed by atoms with E-state index in [-0.39, 0.29) is 92.1 Å². The van der Waals surface area contributed by atoms with Gasteiger partial charge in [-0.1, -0.05) is 51.3 Å². The zero-order chi connectivity index (χ0) is 68.9. The normalized spacial score (nSPS) is 21.4. The number of hydrogen-bond donors (Lipinski definition) is 6. The van der Waals surface area contributed by atoms with E-state index < -0.39 is 160 Å². The van der Waals surface area contributed by atoms with Gasteiger partial charge in [-0.3, -0.25) is 14.7 Å². The molecule has 6 aromatic carbocycles. The van der Waals surface area contributed by atoms with Crippen molar-refractivity contribution in [2.45, 2.75) is 107 Å². The molecule has 3 fully saturated rings. The second kappa shape index (κ2) is 31.7. The molecule has 3 aliphatic rings. The van der Waals surface area contributed by atoms with Gasteiger partial charge in [-0.25, -0.2) is 13.2 Å². The van der Waals surface area contributed by atoms with Crippen LogP contribution in [0, 0.1) is 17.5 Å². The largest absolute Gasteiger partial charge is 0.416 e. The van der Waals surface area contributed by atoms with Crippen LogP contribution in [0.2, 0.25) is 0 Å². The predicted octanol–water partition coefficient (Wildman–Crippen LogP) is 14.1. The fraction of sp³-hybridized carbons (Fsp3) is 0.419. The van der Waals surface area contributed by atoms with Crippen LogP contribution in [0.15, 0.2) is 127 Å². The molecular weight excluding hydrogens is 1330 g/mol. The lowest BCUT2D eigenvalue weighted by Crippen LogP contribution is -2.46. The minimum Gasteiger partial charge on any atom is -0.387 e. The van der Waals surface area contributed by atoms with Gasteiger partial charge in [0.15, 0.2) is 18.9 Å². The van der Waals surface area contributed by atoms with Crippen LogP contribution >= 0.6 is 0 Å². The maximum absolute atomic E-state index is 13.2. The molecule has 0 saturated carbocycles. The Hall–Kier alpha value is -6.63. The summed E-state index contributed by atoms with van der Waals surface area (Å²) >= 11 is 0. The van der Waals surface area contributed by atoms with Gasteiger partial charge in [0.1, 0.15) is 17.5 Å². The molecule has 0 aliphatic carbocycles. The maximum atomic E-state index is 13.2. The number of ether oxygens (including phenoxy) is 3. The third kappa shape index (κ3) is 21.2. The second-order valence-corrected chi connectivity index (χ2v) is 21.3. The molecule has 6 aromatic rings. The number of β-amino-alcohol motifs (C(OH)–C–C–N with tert-alkyl or cyclic N) is 3.